The van der Waals surface area contributed by atoms with Gasteiger partial charge in [0, 0.05) is 38.2 Å². The molecule has 2 heterocycles. The maximum absolute atomic E-state index is 13.7. The summed E-state index contributed by atoms with van der Waals surface area (Å²) in [6.07, 6.45) is 8.91. The average Bonchev–Trinajstić information content (AvgIpc) is 3.61. The van der Waals surface area contributed by atoms with Crippen molar-refractivity contribution in [3.63, 3.8) is 0 Å². The fourth-order valence-electron chi connectivity index (χ4n) is 4.67. The number of hydrogen-bond donors (Lipinski definition) is 1. The predicted octanol–water partition coefficient (Wildman–Crippen LogP) is 4.08. The number of hydrogen-bond acceptors (Lipinski definition) is 5. The van der Waals surface area contributed by atoms with Crippen LogP contribution in [0.1, 0.15) is 18.4 Å². The maximum Gasteiger partial charge on any atom is 0.258 e. The van der Waals surface area contributed by atoms with E-state index in [-0.39, 0.29) is 29.0 Å². The molecule has 2 fully saturated rings. The minimum absolute atomic E-state index is 0.0927. The highest BCUT2D eigenvalue weighted by molar-refractivity contribution is 7.99. The molecule has 4 rings (SSSR count). The number of rotatable bonds is 8. The van der Waals surface area contributed by atoms with Gasteiger partial charge in [0.2, 0.25) is 5.91 Å². The van der Waals surface area contributed by atoms with Crippen LogP contribution in [-0.4, -0.2) is 71.6 Å². The quantitative estimate of drug-likeness (QED) is 0.335. The Morgan fingerprint density at radius 2 is 1.94 bits per heavy atom. The second kappa shape index (κ2) is 10.6. The summed E-state index contributed by atoms with van der Waals surface area (Å²) in [4.78, 5) is 33.7. The molecule has 1 aliphatic carbocycles. The van der Waals surface area contributed by atoms with Crippen molar-refractivity contribution in [2.45, 2.75) is 19.3 Å². The number of aliphatic imine (C=N–C) groups is 1. The zero-order chi connectivity index (χ0) is 25.0. The van der Waals surface area contributed by atoms with Crippen LogP contribution in [0.5, 0.6) is 0 Å². The number of aliphatic hydroxyl groups excluding tert-OH is 1. The molecule has 8 heteroatoms. The summed E-state index contributed by atoms with van der Waals surface area (Å²) in [5, 5.41) is 10.6. The highest BCUT2D eigenvalue weighted by Gasteiger charge is 2.56. The van der Waals surface area contributed by atoms with Crippen LogP contribution in [0.25, 0.3) is 0 Å². The van der Waals surface area contributed by atoms with E-state index in [1.807, 2.05) is 34.9 Å². The van der Waals surface area contributed by atoms with Crippen molar-refractivity contribution in [3.05, 3.63) is 82.6 Å². The lowest BCUT2D eigenvalue weighted by atomic mass is 9.85. The molecule has 1 aromatic carbocycles. The molecule has 0 atom stereocenters. The summed E-state index contributed by atoms with van der Waals surface area (Å²) in [5.41, 5.74) is 1.86. The van der Waals surface area contributed by atoms with E-state index in [1.54, 1.807) is 19.2 Å². The van der Waals surface area contributed by atoms with Crippen molar-refractivity contribution in [3.8, 4) is 0 Å². The second-order valence-corrected chi connectivity index (χ2v) is 10.3. The molecule has 1 saturated carbocycles. The summed E-state index contributed by atoms with van der Waals surface area (Å²) in [5.74, 6) is 1.10. The first kappa shape index (κ1) is 25.0. The molecule has 2 amide bonds. The highest BCUT2D eigenvalue weighted by Crippen LogP contribution is 2.57. The van der Waals surface area contributed by atoms with E-state index in [4.69, 9.17) is 0 Å². The number of allylic oxidation sites excluding steroid dienone is 3. The normalized spacial score (nSPS) is 20.7. The lowest BCUT2D eigenvalue weighted by Crippen LogP contribution is -2.43. The Hall–Kier alpha value is -3.13. The Balaban J connectivity index is 1.72. The topological polar surface area (TPSA) is 73.2 Å². The minimum atomic E-state index is -0.698. The van der Waals surface area contributed by atoms with E-state index in [1.165, 1.54) is 17.0 Å². The number of aliphatic hydroxyl groups is 1. The van der Waals surface area contributed by atoms with Crippen molar-refractivity contribution in [1.29, 1.82) is 0 Å². The zero-order valence-electron chi connectivity index (χ0n) is 19.9. The van der Waals surface area contributed by atoms with Gasteiger partial charge in [-0.25, -0.2) is 4.39 Å². The van der Waals surface area contributed by atoms with E-state index in [9.17, 15) is 19.1 Å². The fourth-order valence-corrected chi connectivity index (χ4v) is 5.58. The van der Waals surface area contributed by atoms with Gasteiger partial charge < -0.3 is 14.9 Å². The third-order valence-electron chi connectivity index (χ3n) is 6.69. The van der Waals surface area contributed by atoms with Gasteiger partial charge in [-0.3, -0.25) is 14.6 Å². The predicted molar refractivity (Wildman–Crippen MR) is 138 cm³/mol. The molecule has 35 heavy (non-hydrogen) atoms. The molecule has 0 unspecified atom stereocenters. The SMILES string of the molecule is C=N/C=C(\O)C1=C(/C(=C/C=C/Cc2ccc(F)cc2)C2(C(=O)N3CCSCC3)CC2)CN(C)C1=O. The fraction of sp³-hybridized carbons (Fsp3) is 0.370. The zero-order valence-corrected chi connectivity index (χ0v) is 20.7. The Kier molecular flexibility index (Phi) is 7.60. The summed E-state index contributed by atoms with van der Waals surface area (Å²) in [6, 6.07) is 6.33. The Morgan fingerprint density at radius 3 is 2.57 bits per heavy atom. The van der Waals surface area contributed by atoms with Gasteiger partial charge in [-0.1, -0.05) is 30.4 Å². The maximum atomic E-state index is 13.7. The van der Waals surface area contributed by atoms with Crippen LogP contribution in [0.2, 0.25) is 0 Å². The van der Waals surface area contributed by atoms with E-state index < -0.39 is 5.41 Å². The van der Waals surface area contributed by atoms with Gasteiger partial charge in [-0.2, -0.15) is 11.8 Å². The standard InChI is InChI=1S/C27H30FN3O3S/c1-29-17-23(32)24-21(18-30(2)25(24)33)22(6-4-3-5-19-7-9-20(28)10-8-19)27(11-12-27)26(34)31-13-15-35-16-14-31/h3-4,6-10,17,32H,1,5,11-16,18H2,2H3/b4-3+,22-6-,23-17-. The molecule has 184 valence electrons. The molecule has 2 aliphatic heterocycles. The Morgan fingerprint density at radius 1 is 1.26 bits per heavy atom. The van der Waals surface area contributed by atoms with Gasteiger partial charge in [0.25, 0.3) is 5.91 Å². The number of carbonyl (C=O) groups excluding carboxylic acids is 2. The molecule has 3 aliphatic rings. The van der Waals surface area contributed by atoms with E-state index >= 15 is 0 Å². The summed E-state index contributed by atoms with van der Waals surface area (Å²) >= 11 is 1.85. The smallest absolute Gasteiger partial charge is 0.258 e. The lowest BCUT2D eigenvalue weighted by Gasteiger charge is -2.32. The van der Waals surface area contributed by atoms with E-state index in [2.05, 4.69) is 11.7 Å². The van der Waals surface area contributed by atoms with E-state index in [0.29, 0.717) is 31.4 Å². The third-order valence-corrected chi connectivity index (χ3v) is 7.63. The number of benzene rings is 1. The summed E-state index contributed by atoms with van der Waals surface area (Å²) in [7, 11) is 1.68. The highest BCUT2D eigenvalue weighted by atomic mass is 32.2. The summed E-state index contributed by atoms with van der Waals surface area (Å²) in [6.45, 7) is 5.12. The number of carbonyl (C=O) groups is 2. The van der Waals surface area contributed by atoms with Gasteiger partial charge in [-0.15, -0.1) is 0 Å². The van der Waals surface area contributed by atoms with E-state index in [0.717, 1.165) is 41.9 Å². The molecular weight excluding hydrogens is 465 g/mol. The first-order valence-electron chi connectivity index (χ1n) is 11.7. The van der Waals surface area contributed by atoms with Gasteiger partial charge in [0.05, 0.1) is 17.2 Å². The Labute approximate surface area is 209 Å². The average molecular weight is 496 g/mol. The van der Waals surface area contributed by atoms with Crippen LogP contribution in [0.4, 0.5) is 4.39 Å². The monoisotopic (exact) mass is 495 g/mol. The van der Waals surface area contributed by atoms with Crippen molar-refractivity contribution >= 4 is 30.3 Å². The van der Waals surface area contributed by atoms with Crippen molar-refractivity contribution in [1.82, 2.24) is 9.80 Å². The van der Waals surface area contributed by atoms with Crippen LogP contribution in [-0.2, 0) is 16.0 Å². The molecule has 0 bridgehead atoms. The molecule has 0 aromatic heterocycles. The number of halogens is 1. The lowest BCUT2D eigenvalue weighted by molar-refractivity contribution is -0.135. The van der Waals surface area contributed by atoms with Crippen molar-refractivity contribution in [2.24, 2.45) is 10.4 Å². The molecule has 0 spiro atoms. The molecule has 0 radical (unpaired) electrons. The second-order valence-electron chi connectivity index (χ2n) is 9.04. The van der Waals surface area contributed by atoms with Crippen molar-refractivity contribution in [2.75, 3.05) is 38.2 Å². The summed E-state index contributed by atoms with van der Waals surface area (Å²) < 4.78 is 13.2. The van der Waals surface area contributed by atoms with Gasteiger partial charge >= 0.3 is 0 Å². The van der Waals surface area contributed by atoms with Crippen molar-refractivity contribution < 1.29 is 19.1 Å². The van der Waals surface area contributed by atoms with Crippen LogP contribution in [0.3, 0.4) is 0 Å². The van der Waals surface area contributed by atoms with Gasteiger partial charge in [0.15, 0.2) is 0 Å². The molecule has 1 N–H and O–H groups in total. The third kappa shape index (κ3) is 5.27. The Bertz CT molecular complexity index is 1130. The van der Waals surface area contributed by atoms with Crippen LogP contribution >= 0.6 is 11.8 Å². The largest absolute Gasteiger partial charge is 0.505 e. The molecule has 6 nitrogen and oxygen atoms in total. The minimum Gasteiger partial charge on any atom is -0.505 e. The first-order chi connectivity index (χ1) is 16.9. The van der Waals surface area contributed by atoms with Gasteiger partial charge in [-0.05, 0) is 54.8 Å². The number of likely N-dealkylation sites (N-methyl/N-ethyl adjacent to an activating group) is 1. The molecule has 1 aromatic rings. The number of amides is 2. The van der Waals surface area contributed by atoms with Crippen LogP contribution in [0, 0.1) is 11.2 Å². The number of nitrogens with zero attached hydrogens (tertiary/aromatic N) is 3. The van der Waals surface area contributed by atoms with Crippen LogP contribution in [0.15, 0.2) is 76.2 Å². The molecular formula is C27H30FN3O3S. The first-order valence-corrected chi connectivity index (χ1v) is 12.9. The number of thioether (sulfide) groups is 1. The molecule has 1 saturated heterocycles. The van der Waals surface area contributed by atoms with Crippen LogP contribution < -0.4 is 0 Å². The van der Waals surface area contributed by atoms with Gasteiger partial charge in [0.1, 0.15) is 11.6 Å².